The van der Waals surface area contributed by atoms with Crippen molar-refractivity contribution in [2.75, 3.05) is 0 Å². The first kappa shape index (κ1) is 11.4. The summed E-state index contributed by atoms with van der Waals surface area (Å²) in [5.41, 5.74) is -1.74. The first-order valence-electron chi connectivity index (χ1n) is 3.52. The third-order valence-electron chi connectivity index (χ3n) is 1.43. The Bertz CT molecular complexity index is 231. The standard InChI is InChI=1S/C7H11NO5/c1-4(9)8-7(2,6(12)13)3-5(10)11/h3H2,1-2H3,(H,8,9)(H,10,11)(H,12,13)/t7-/m1/s1. The number of hydrogen-bond donors (Lipinski definition) is 3. The largest absolute Gasteiger partial charge is 0.481 e. The second-order valence-corrected chi connectivity index (χ2v) is 2.89. The molecule has 0 saturated carbocycles. The van der Waals surface area contributed by atoms with Crippen LogP contribution in [-0.2, 0) is 14.4 Å². The molecule has 6 heteroatoms. The van der Waals surface area contributed by atoms with Gasteiger partial charge in [0.2, 0.25) is 5.91 Å². The van der Waals surface area contributed by atoms with E-state index in [4.69, 9.17) is 10.2 Å². The van der Waals surface area contributed by atoms with Crippen LogP contribution in [0.15, 0.2) is 0 Å². The molecule has 0 aliphatic rings. The van der Waals surface area contributed by atoms with Crippen LogP contribution in [0.2, 0.25) is 0 Å². The molecule has 0 heterocycles. The Hall–Kier alpha value is -1.59. The SMILES string of the molecule is CC(=O)N[C@](C)(CC(=O)O)C(=O)O. The van der Waals surface area contributed by atoms with E-state index in [2.05, 4.69) is 5.32 Å². The van der Waals surface area contributed by atoms with Crippen LogP contribution in [-0.4, -0.2) is 33.6 Å². The second-order valence-electron chi connectivity index (χ2n) is 2.89. The molecule has 0 unspecified atom stereocenters. The maximum Gasteiger partial charge on any atom is 0.329 e. The molecule has 0 aliphatic carbocycles. The summed E-state index contributed by atoms with van der Waals surface area (Å²) in [4.78, 5) is 31.5. The smallest absolute Gasteiger partial charge is 0.329 e. The van der Waals surface area contributed by atoms with Crippen molar-refractivity contribution in [3.63, 3.8) is 0 Å². The van der Waals surface area contributed by atoms with Gasteiger partial charge in [0.05, 0.1) is 6.42 Å². The van der Waals surface area contributed by atoms with Gasteiger partial charge in [-0.3, -0.25) is 9.59 Å². The number of carbonyl (C=O) groups is 3. The van der Waals surface area contributed by atoms with Gasteiger partial charge in [0.15, 0.2) is 0 Å². The Morgan fingerprint density at radius 1 is 1.31 bits per heavy atom. The lowest BCUT2D eigenvalue weighted by Crippen LogP contribution is -2.52. The molecule has 6 nitrogen and oxygen atoms in total. The zero-order valence-corrected chi connectivity index (χ0v) is 7.33. The van der Waals surface area contributed by atoms with E-state index in [0.717, 1.165) is 13.8 Å². The second kappa shape index (κ2) is 3.88. The fourth-order valence-electron chi connectivity index (χ4n) is 0.864. The Balaban J connectivity index is 4.62. The van der Waals surface area contributed by atoms with Crippen LogP contribution in [0, 0.1) is 0 Å². The van der Waals surface area contributed by atoms with Crippen LogP contribution in [0.5, 0.6) is 0 Å². The summed E-state index contributed by atoms with van der Waals surface area (Å²) in [6.07, 6.45) is -0.651. The molecule has 0 aromatic heterocycles. The molecule has 3 N–H and O–H groups in total. The van der Waals surface area contributed by atoms with Gasteiger partial charge in [-0.25, -0.2) is 4.79 Å². The van der Waals surface area contributed by atoms with Crippen molar-refractivity contribution in [2.45, 2.75) is 25.8 Å². The number of nitrogens with one attached hydrogen (secondary N) is 1. The highest BCUT2D eigenvalue weighted by molar-refractivity contribution is 5.89. The van der Waals surface area contributed by atoms with Crippen LogP contribution in [0.1, 0.15) is 20.3 Å². The van der Waals surface area contributed by atoms with Crippen molar-refractivity contribution in [3.8, 4) is 0 Å². The molecule has 0 aromatic rings. The number of rotatable bonds is 4. The molecule has 0 aliphatic heterocycles. The number of hydrogen-bond acceptors (Lipinski definition) is 3. The number of carboxylic acids is 2. The Kier molecular flexibility index (Phi) is 3.41. The molecule has 0 saturated heterocycles. The van der Waals surface area contributed by atoms with Gasteiger partial charge in [-0.2, -0.15) is 0 Å². The lowest BCUT2D eigenvalue weighted by molar-refractivity contribution is -0.152. The quantitative estimate of drug-likeness (QED) is 0.550. The highest BCUT2D eigenvalue weighted by Gasteiger charge is 2.36. The average molecular weight is 189 g/mol. The minimum atomic E-state index is -1.74. The lowest BCUT2D eigenvalue weighted by atomic mass is 9.98. The summed E-state index contributed by atoms with van der Waals surface area (Å²) < 4.78 is 0. The Morgan fingerprint density at radius 2 is 1.77 bits per heavy atom. The van der Waals surface area contributed by atoms with Gasteiger partial charge in [0, 0.05) is 6.92 Å². The molecule has 0 spiro atoms. The number of amides is 1. The summed E-state index contributed by atoms with van der Waals surface area (Å²) in [6, 6.07) is 0. The van der Waals surface area contributed by atoms with Gasteiger partial charge >= 0.3 is 11.9 Å². The highest BCUT2D eigenvalue weighted by atomic mass is 16.4. The predicted octanol–water partition coefficient (Wildman–Crippen LogP) is -0.559. The van der Waals surface area contributed by atoms with Gasteiger partial charge in [0.1, 0.15) is 5.54 Å². The summed E-state index contributed by atoms with van der Waals surface area (Å²) in [6.45, 7) is 2.27. The summed E-state index contributed by atoms with van der Waals surface area (Å²) in [5.74, 6) is -3.23. The molecule has 0 rings (SSSR count). The molecule has 1 amide bonds. The molecule has 74 valence electrons. The highest BCUT2D eigenvalue weighted by Crippen LogP contribution is 2.09. The minimum absolute atomic E-state index is 0.578. The minimum Gasteiger partial charge on any atom is -0.481 e. The average Bonchev–Trinajstić information content (AvgIpc) is 1.82. The summed E-state index contributed by atoms with van der Waals surface area (Å²) in [7, 11) is 0. The van der Waals surface area contributed by atoms with Gasteiger partial charge in [0.25, 0.3) is 0 Å². The van der Waals surface area contributed by atoms with Crippen LogP contribution < -0.4 is 5.32 Å². The van der Waals surface area contributed by atoms with Gasteiger partial charge in [-0.15, -0.1) is 0 Å². The van der Waals surface area contributed by atoms with E-state index in [1.54, 1.807) is 0 Å². The molecule has 0 fully saturated rings. The zero-order chi connectivity index (χ0) is 10.6. The van der Waals surface area contributed by atoms with Crippen LogP contribution in [0.4, 0.5) is 0 Å². The van der Waals surface area contributed by atoms with Crippen molar-refractivity contribution >= 4 is 17.8 Å². The van der Waals surface area contributed by atoms with E-state index >= 15 is 0 Å². The van der Waals surface area contributed by atoms with Crippen molar-refractivity contribution in [1.82, 2.24) is 5.32 Å². The van der Waals surface area contributed by atoms with E-state index in [-0.39, 0.29) is 0 Å². The number of aliphatic carboxylic acids is 2. The van der Waals surface area contributed by atoms with Crippen LogP contribution >= 0.6 is 0 Å². The van der Waals surface area contributed by atoms with Crippen molar-refractivity contribution in [3.05, 3.63) is 0 Å². The van der Waals surface area contributed by atoms with Crippen molar-refractivity contribution in [2.24, 2.45) is 0 Å². The molecular weight excluding hydrogens is 178 g/mol. The third-order valence-corrected chi connectivity index (χ3v) is 1.43. The zero-order valence-electron chi connectivity index (χ0n) is 7.33. The monoisotopic (exact) mass is 189 g/mol. The van der Waals surface area contributed by atoms with E-state index in [1.165, 1.54) is 0 Å². The first-order chi connectivity index (χ1) is 5.78. The van der Waals surface area contributed by atoms with Crippen molar-refractivity contribution < 1.29 is 24.6 Å². The van der Waals surface area contributed by atoms with Crippen LogP contribution in [0.25, 0.3) is 0 Å². The molecule has 1 atom stereocenters. The fourth-order valence-corrected chi connectivity index (χ4v) is 0.864. The maximum atomic E-state index is 10.6. The van der Waals surface area contributed by atoms with Gasteiger partial charge < -0.3 is 15.5 Å². The van der Waals surface area contributed by atoms with Crippen molar-refractivity contribution in [1.29, 1.82) is 0 Å². The van der Waals surface area contributed by atoms with E-state index in [1.807, 2.05) is 0 Å². The Labute approximate surface area is 74.6 Å². The van der Waals surface area contributed by atoms with Gasteiger partial charge in [-0.1, -0.05) is 0 Å². The number of carboxylic acid groups (broad SMARTS) is 2. The molecule has 0 aromatic carbocycles. The maximum absolute atomic E-state index is 10.6. The lowest BCUT2D eigenvalue weighted by Gasteiger charge is -2.23. The third kappa shape index (κ3) is 3.55. The molecule has 13 heavy (non-hydrogen) atoms. The van der Waals surface area contributed by atoms with Gasteiger partial charge in [-0.05, 0) is 6.92 Å². The molecule has 0 bridgehead atoms. The van der Waals surface area contributed by atoms with E-state index in [9.17, 15) is 14.4 Å². The van der Waals surface area contributed by atoms with Crippen LogP contribution in [0.3, 0.4) is 0 Å². The summed E-state index contributed by atoms with van der Waals surface area (Å²) in [5, 5.41) is 19.1. The molecule has 0 radical (unpaired) electrons. The summed E-state index contributed by atoms with van der Waals surface area (Å²) >= 11 is 0. The Morgan fingerprint density at radius 3 is 2.00 bits per heavy atom. The number of carbonyl (C=O) groups excluding carboxylic acids is 1. The first-order valence-corrected chi connectivity index (χ1v) is 3.52. The normalized spacial score (nSPS) is 14.3. The fraction of sp³-hybridized carbons (Fsp3) is 0.571. The topological polar surface area (TPSA) is 104 Å². The van der Waals surface area contributed by atoms with E-state index < -0.39 is 29.8 Å². The predicted molar refractivity (Wildman–Crippen MR) is 42.1 cm³/mol. The molecular formula is C7H11NO5. The van der Waals surface area contributed by atoms with E-state index in [0.29, 0.717) is 0 Å².